The third kappa shape index (κ3) is 8.39. The minimum absolute atomic E-state index is 0.890. The molecule has 258 valence electrons. The van der Waals surface area contributed by atoms with Crippen LogP contribution in [-0.4, -0.2) is 0 Å². The molecule has 3 heteroatoms. The molecule has 0 bridgehead atoms. The molecule has 9 rings (SSSR count). The van der Waals surface area contributed by atoms with Gasteiger partial charge in [0.05, 0.1) is 5.69 Å². The van der Waals surface area contributed by atoms with Gasteiger partial charge in [0.25, 0.3) is 0 Å². The molecule has 0 aliphatic rings. The molecule has 1 heterocycles. The fourth-order valence-electron chi connectivity index (χ4n) is 6.30. The summed E-state index contributed by atoms with van der Waals surface area (Å²) in [5.41, 5.74) is 13.4. The number of hydrogen-bond donors (Lipinski definition) is 2. The van der Waals surface area contributed by atoms with E-state index in [0.29, 0.717) is 0 Å². The molecule has 0 unspecified atom stereocenters. The Hall–Kier alpha value is -6.84. The number of benzene rings is 8. The Morgan fingerprint density at radius 3 is 1.11 bits per heavy atom. The van der Waals surface area contributed by atoms with Crippen molar-refractivity contribution in [2.75, 3.05) is 10.6 Å². The average Bonchev–Trinajstić information content (AvgIpc) is 3.64. The zero-order valence-electron chi connectivity index (χ0n) is 30.0. The summed E-state index contributed by atoms with van der Waals surface area (Å²) < 4.78 is 6.09. The van der Waals surface area contributed by atoms with Gasteiger partial charge in [-0.05, 0) is 81.9 Å². The fourth-order valence-corrected chi connectivity index (χ4v) is 6.30. The van der Waals surface area contributed by atoms with Gasteiger partial charge in [0, 0.05) is 27.8 Å². The SMILES string of the molecule is CC.c1ccc(-c2ccc(Nc3ccc(-c4ccccc4)cc3)cc2)cc1.c1ccc(-c2ccc(Nc3cccc4c3oc3ccccc34)cc2)cc1. The zero-order chi connectivity index (χ0) is 36.2. The molecule has 1 aromatic heterocycles. The molecule has 53 heavy (non-hydrogen) atoms. The highest BCUT2D eigenvalue weighted by atomic mass is 16.3. The van der Waals surface area contributed by atoms with Gasteiger partial charge in [0.15, 0.2) is 5.58 Å². The lowest BCUT2D eigenvalue weighted by Gasteiger charge is -2.09. The van der Waals surface area contributed by atoms with Gasteiger partial charge in [-0.2, -0.15) is 0 Å². The number of fused-ring (bicyclic) bond motifs is 3. The number of rotatable bonds is 7. The van der Waals surface area contributed by atoms with Gasteiger partial charge in [0.1, 0.15) is 5.58 Å². The van der Waals surface area contributed by atoms with Gasteiger partial charge in [-0.15, -0.1) is 0 Å². The maximum absolute atomic E-state index is 6.09. The molecule has 8 aromatic carbocycles. The van der Waals surface area contributed by atoms with Crippen molar-refractivity contribution in [1.29, 1.82) is 0 Å². The maximum atomic E-state index is 6.09. The normalized spacial score (nSPS) is 10.5. The minimum Gasteiger partial charge on any atom is -0.454 e. The van der Waals surface area contributed by atoms with Gasteiger partial charge in [0.2, 0.25) is 0 Å². The Balaban J connectivity index is 0.000000157. The molecular formula is C50H42N2O. The van der Waals surface area contributed by atoms with Crippen LogP contribution in [0.4, 0.5) is 22.7 Å². The van der Waals surface area contributed by atoms with Crippen LogP contribution in [0.5, 0.6) is 0 Å². The molecule has 0 spiro atoms. The van der Waals surface area contributed by atoms with E-state index in [9.17, 15) is 0 Å². The Morgan fingerprint density at radius 1 is 0.302 bits per heavy atom. The monoisotopic (exact) mass is 686 g/mol. The minimum atomic E-state index is 0.890. The Kier molecular flexibility index (Phi) is 11.0. The van der Waals surface area contributed by atoms with Gasteiger partial charge >= 0.3 is 0 Å². The smallest absolute Gasteiger partial charge is 0.158 e. The summed E-state index contributed by atoms with van der Waals surface area (Å²) in [6.45, 7) is 4.00. The van der Waals surface area contributed by atoms with E-state index < -0.39 is 0 Å². The van der Waals surface area contributed by atoms with Crippen LogP contribution in [0.25, 0.3) is 55.3 Å². The first-order valence-electron chi connectivity index (χ1n) is 18.2. The van der Waals surface area contributed by atoms with Crippen LogP contribution in [0.2, 0.25) is 0 Å². The van der Waals surface area contributed by atoms with Crippen molar-refractivity contribution < 1.29 is 4.42 Å². The van der Waals surface area contributed by atoms with Crippen molar-refractivity contribution in [2.45, 2.75) is 13.8 Å². The number of hydrogen-bond acceptors (Lipinski definition) is 3. The molecule has 0 aliphatic carbocycles. The highest BCUT2D eigenvalue weighted by Crippen LogP contribution is 2.35. The second-order valence-corrected chi connectivity index (χ2v) is 12.4. The van der Waals surface area contributed by atoms with Crippen LogP contribution in [0.1, 0.15) is 13.8 Å². The molecule has 2 N–H and O–H groups in total. The lowest BCUT2D eigenvalue weighted by Crippen LogP contribution is -1.90. The molecule has 0 fully saturated rings. The molecule has 0 saturated heterocycles. The van der Waals surface area contributed by atoms with Gasteiger partial charge < -0.3 is 15.1 Å². The molecule has 0 radical (unpaired) electrons. The lowest BCUT2D eigenvalue weighted by molar-refractivity contribution is 0.670. The van der Waals surface area contributed by atoms with E-state index in [-0.39, 0.29) is 0 Å². The quantitative estimate of drug-likeness (QED) is 0.175. The third-order valence-corrected chi connectivity index (χ3v) is 8.95. The predicted molar refractivity (Wildman–Crippen MR) is 227 cm³/mol. The van der Waals surface area contributed by atoms with Crippen LogP contribution in [0.15, 0.2) is 211 Å². The number of nitrogens with one attached hydrogen (secondary N) is 2. The van der Waals surface area contributed by atoms with Crippen molar-refractivity contribution in [2.24, 2.45) is 0 Å². The number of anilines is 4. The van der Waals surface area contributed by atoms with E-state index in [1.807, 2.05) is 50.2 Å². The van der Waals surface area contributed by atoms with Crippen LogP contribution in [0, 0.1) is 0 Å². The lowest BCUT2D eigenvalue weighted by atomic mass is 10.0. The first kappa shape index (κ1) is 34.6. The topological polar surface area (TPSA) is 37.2 Å². The van der Waals surface area contributed by atoms with Crippen molar-refractivity contribution >= 4 is 44.7 Å². The average molecular weight is 687 g/mol. The summed E-state index contributed by atoms with van der Waals surface area (Å²) in [5.74, 6) is 0. The van der Waals surface area contributed by atoms with Crippen molar-refractivity contribution in [3.63, 3.8) is 0 Å². The van der Waals surface area contributed by atoms with Crippen LogP contribution in [0.3, 0.4) is 0 Å². The third-order valence-electron chi connectivity index (χ3n) is 8.95. The van der Waals surface area contributed by atoms with E-state index in [1.165, 1.54) is 33.4 Å². The first-order valence-corrected chi connectivity index (χ1v) is 18.2. The highest BCUT2D eigenvalue weighted by molar-refractivity contribution is 6.09. The summed E-state index contributed by atoms with van der Waals surface area (Å²) in [6.07, 6.45) is 0. The van der Waals surface area contributed by atoms with Crippen molar-refractivity contribution in [3.05, 3.63) is 206 Å². The van der Waals surface area contributed by atoms with Crippen molar-refractivity contribution in [3.8, 4) is 33.4 Å². The summed E-state index contributed by atoms with van der Waals surface area (Å²) in [5, 5.41) is 9.23. The molecule has 0 saturated carbocycles. The van der Waals surface area contributed by atoms with Crippen LogP contribution < -0.4 is 10.6 Å². The fraction of sp³-hybridized carbons (Fsp3) is 0.0400. The Morgan fingerprint density at radius 2 is 0.660 bits per heavy atom. The summed E-state index contributed by atoms with van der Waals surface area (Å²) in [4.78, 5) is 0. The number of para-hydroxylation sites is 2. The van der Waals surface area contributed by atoms with E-state index in [4.69, 9.17) is 4.42 Å². The molecule has 3 nitrogen and oxygen atoms in total. The second-order valence-electron chi connectivity index (χ2n) is 12.4. The first-order chi connectivity index (χ1) is 26.3. The Bertz CT molecular complexity index is 2390. The molecular weight excluding hydrogens is 645 g/mol. The van der Waals surface area contributed by atoms with Crippen molar-refractivity contribution in [1.82, 2.24) is 0 Å². The zero-order valence-corrected chi connectivity index (χ0v) is 30.0. The van der Waals surface area contributed by atoms with Gasteiger partial charge in [-0.25, -0.2) is 0 Å². The largest absolute Gasteiger partial charge is 0.454 e. The summed E-state index contributed by atoms with van der Waals surface area (Å²) >= 11 is 0. The number of furan rings is 1. The molecule has 0 amide bonds. The second kappa shape index (κ2) is 16.9. The summed E-state index contributed by atoms with van der Waals surface area (Å²) in [6, 6.07) is 71.2. The van der Waals surface area contributed by atoms with E-state index in [0.717, 1.165) is 44.7 Å². The highest BCUT2D eigenvalue weighted by Gasteiger charge is 2.10. The van der Waals surface area contributed by atoms with Crippen LogP contribution >= 0.6 is 0 Å². The van der Waals surface area contributed by atoms with Crippen LogP contribution in [-0.2, 0) is 0 Å². The maximum Gasteiger partial charge on any atom is 0.158 e. The Labute approximate surface area is 312 Å². The van der Waals surface area contributed by atoms with E-state index in [2.05, 4.69) is 180 Å². The molecule has 0 atom stereocenters. The molecule has 0 aliphatic heterocycles. The predicted octanol–water partition coefficient (Wildman–Crippen LogP) is 14.8. The summed E-state index contributed by atoms with van der Waals surface area (Å²) in [7, 11) is 0. The van der Waals surface area contributed by atoms with E-state index in [1.54, 1.807) is 0 Å². The van der Waals surface area contributed by atoms with E-state index >= 15 is 0 Å². The van der Waals surface area contributed by atoms with Gasteiger partial charge in [-0.1, -0.05) is 172 Å². The standard InChI is InChI=1S/C24H17NO.C24H19N.C2H6/c1-2-7-17(8-3-1)18-13-15-19(16-14-18)25-22-11-6-10-21-20-9-4-5-12-23(20)26-24(21)22;1-3-7-19(8-4-1)21-11-15-23(16-12-21)25-24-17-13-22(14-18-24)20-9-5-2-6-10-20;1-2/h1-16,25H;1-18,25H;1-2H3. The molecule has 9 aromatic rings. The van der Waals surface area contributed by atoms with Gasteiger partial charge in [-0.3, -0.25) is 0 Å².